The first-order chi connectivity index (χ1) is 13.8. The molecular weight excluding hydrogens is 390 g/mol. The number of nitrogens with one attached hydrogen (secondary N) is 2. The van der Waals surface area contributed by atoms with Gasteiger partial charge < -0.3 is 15.2 Å². The highest BCUT2D eigenvalue weighted by Gasteiger charge is 2.37. The zero-order chi connectivity index (χ0) is 20.8. The molecule has 2 N–H and O–H groups in total. The Kier molecular flexibility index (Phi) is 4.37. The molecule has 1 amide bonds. The van der Waals surface area contributed by atoms with Gasteiger partial charge in [-0.05, 0) is 36.4 Å². The minimum Gasteiger partial charge on any atom is -0.329 e. The molecule has 0 spiro atoms. The summed E-state index contributed by atoms with van der Waals surface area (Å²) in [5.74, 6) is -1.82. The third-order valence-corrected chi connectivity index (χ3v) is 4.59. The third-order valence-electron chi connectivity index (χ3n) is 4.59. The van der Waals surface area contributed by atoms with Gasteiger partial charge in [0.15, 0.2) is 0 Å². The van der Waals surface area contributed by atoms with Crippen molar-refractivity contribution < 1.29 is 22.4 Å². The molecule has 0 bridgehead atoms. The van der Waals surface area contributed by atoms with Crippen molar-refractivity contribution in [1.82, 2.24) is 10.3 Å². The average molecular weight is 403 g/mol. The second-order valence-electron chi connectivity index (χ2n) is 6.41. The van der Waals surface area contributed by atoms with Gasteiger partial charge in [0.05, 0.1) is 16.8 Å². The number of anilines is 2. The lowest BCUT2D eigenvalue weighted by Gasteiger charge is -2.39. The molecule has 1 aromatic heterocycles. The summed E-state index contributed by atoms with van der Waals surface area (Å²) in [5, 5.41) is 2.72. The topological polar surface area (TPSA) is 65.2 Å². The number of halogens is 4. The highest BCUT2D eigenvalue weighted by molar-refractivity contribution is 6.03. The molecule has 1 aliphatic heterocycles. The van der Waals surface area contributed by atoms with Crippen LogP contribution in [0.15, 0.2) is 65.6 Å². The van der Waals surface area contributed by atoms with Crippen molar-refractivity contribution >= 4 is 17.3 Å². The predicted octanol–water partition coefficient (Wildman–Crippen LogP) is 4.11. The van der Waals surface area contributed by atoms with Gasteiger partial charge in [-0.2, -0.15) is 13.2 Å². The summed E-state index contributed by atoms with van der Waals surface area (Å²) in [5.41, 5.74) is -0.709. The van der Waals surface area contributed by atoms with Gasteiger partial charge in [0.2, 0.25) is 5.56 Å². The summed E-state index contributed by atoms with van der Waals surface area (Å²) in [6.45, 7) is 0. The predicted molar refractivity (Wildman–Crippen MR) is 97.3 cm³/mol. The number of carbonyl (C=O) groups excluding carboxylic acids is 1. The van der Waals surface area contributed by atoms with E-state index in [0.29, 0.717) is 17.3 Å². The van der Waals surface area contributed by atoms with Gasteiger partial charge in [-0.15, -0.1) is 0 Å². The molecule has 4 rings (SSSR count). The van der Waals surface area contributed by atoms with E-state index in [1.165, 1.54) is 35.4 Å². The minimum atomic E-state index is -4.88. The molecule has 29 heavy (non-hydrogen) atoms. The van der Waals surface area contributed by atoms with Crippen LogP contribution in [0.5, 0.6) is 0 Å². The molecule has 2 heterocycles. The summed E-state index contributed by atoms with van der Waals surface area (Å²) < 4.78 is 53.6. The molecule has 1 unspecified atom stereocenters. The fraction of sp³-hybridized carbons (Fsp3) is 0.100. The highest BCUT2D eigenvalue weighted by atomic mass is 19.4. The number of fused-ring (bicyclic) bond motifs is 1. The second-order valence-corrected chi connectivity index (χ2v) is 6.41. The van der Waals surface area contributed by atoms with Crippen molar-refractivity contribution in [2.24, 2.45) is 0 Å². The fourth-order valence-electron chi connectivity index (χ4n) is 3.27. The standard InChI is InChI=1S/C20H13F4N3O2/c21-15-7-6-12(9-14(15)20(22,23)24)27-16-4-2-1-3-13(16)19(29)26-18(27)11-5-8-17(28)25-10-11/h1-10,18H,(H,25,28)(H,26,29). The van der Waals surface area contributed by atoms with E-state index >= 15 is 0 Å². The second kappa shape index (κ2) is 6.77. The number of hydrogen-bond donors (Lipinski definition) is 2. The van der Waals surface area contributed by atoms with Crippen LogP contribution in [-0.4, -0.2) is 10.9 Å². The van der Waals surface area contributed by atoms with Crippen LogP contribution in [-0.2, 0) is 6.18 Å². The number of H-pyrrole nitrogens is 1. The largest absolute Gasteiger partial charge is 0.419 e. The summed E-state index contributed by atoms with van der Waals surface area (Å²) >= 11 is 0. The lowest BCUT2D eigenvalue weighted by molar-refractivity contribution is -0.139. The maximum absolute atomic E-state index is 13.8. The molecule has 0 saturated heterocycles. The van der Waals surface area contributed by atoms with E-state index in [9.17, 15) is 27.2 Å². The Morgan fingerprint density at radius 1 is 0.966 bits per heavy atom. The van der Waals surface area contributed by atoms with Crippen molar-refractivity contribution in [3.8, 4) is 0 Å². The number of carbonyl (C=O) groups is 1. The molecule has 0 fully saturated rings. The van der Waals surface area contributed by atoms with Crippen molar-refractivity contribution in [3.05, 3.63) is 93.7 Å². The third kappa shape index (κ3) is 3.35. The normalized spacial score (nSPS) is 16.3. The molecule has 2 aromatic carbocycles. The van der Waals surface area contributed by atoms with Crippen molar-refractivity contribution in [3.63, 3.8) is 0 Å². The van der Waals surface area contributed by atoms with E-state index in [2.05, 4.69) is 10.3 Å². The number of amides is 1. The van der Waals surface area contributed by atoms with Gasteiger partial charge in [0, 0.05) is 23.5 Å². The summed E-state index contributed by atoms with van der Waals surface area (Å²) in [7, 11) is 0. The number of benzene rings is 2. The van der Waals surface area contributed by atoms with Crippen LogP contribution in [0, 0.1) is 5.82 Å². The molecule has 0 saturated carbocycles. The number of alkyl halides is 3. The van der Waals surface area contributed by atoms with E-state index in [0.717, 1.165) is 6.07 Å². The van der Waals surface area contributed by atoms with E-state index in [4.69, 9.17) is 0 Å². The van der Waals surface area contributed by atoms with Crippen molar-refractivity contribution in [2.75, 3.05) is 4.90 Å². The average Bonchev–Trinajstić information content (AvgIpc) is 2.68. The number of rotatable bonds is 2. The molecule has 148 valence electrons. The van der Waals surface area contributed by atoms with Crippen LogP contribution in [0.2, 0.25) is 0 Å². The van der Waals surface area contributed by atoms with Crippen LogP contribution in [0.3, 0.4) is 0 Å². The van der Waals surface area contributed by atoms with Crippen LogP contribution >= 0.6 is 0 Å². The summed E-state index contributed by atoms with van der Waals surface area (Å²) in [6, 6.07) is 11.7. The van der Waals surface area contributed by atoms with E-state index in [1.807, 2.05) is 0 Å². The summed E-state index contributed by atoms with van der Waals surface area (Å²) in [6.07, 6.45) is -4.44. The number of pyridine rings is 1. The van der Waals surface area contributed by atoms with E-state index in [-0.39, 0.29) is 16.8 Å². The number of nitrogens with zero attached hydrogens (tertiary/aromatic N) is 1. The number of aromatic amines is 1. The quantitative estimate of drug-likeness (QED) is 0.633. The first-order valence-electron chi connectivity index (χ1n) is 8.50. The lowest BCUT2D eigenvalue weighted by atomic mass is 10.0. The Morgan fingerprint density at radius 3 is 2.41 bits per heavy atom. The lowest BCUT2D eigenvalue weighted by Crippen LogP contribution is -2.44. The van der Waals surface area contributed by atoms with Gasteiger partial charge in [0.1, 0.15) is 12.0 Å². The highest BCUT2D eigenvalue weighted by Crippen LogP contribution is 2.41. The molecular formula is C20H13F4N3O2. The zero-order valence-corrected chi connectivity index (χ0v) is 14.6. The van der Waals surface area contributed by atoms with Crippen LogP contribution < -0.4 is 15.8 Å². The molecule has 1 aliphatic rings. The number of hydrogen-bond acceptors (Lipinski definition) is 3. The SMILES string of the molecule is O=C1NC(c2ccc(=O)[nH]c2)N(c2ccc(F)c(C(F)(F)F)c2)c2ccccc21. The molecule has 3 aromatic rings. The zero-order valence-electron chi connectivity index (χ0n) is 14.6. The molecule has 9 heteroatoms. The first kappa shape index (κ1) is 18.7. The molecule has 5 nitrogen and oxygen atoms in total. The maximum Gasteiger partial charge on any atom is 0.419 e. The van der Waals surface area contributed by atoms with Crippen LogP contribution in [0.4, 0.5) is 28.9 Å². The van der Waals surface area contributed by atoms with Crippen LogP contribution in [0.1, 0.15) is 27.7 Å². The van der Waals surface area contributed by atoms with Crippen LogP contribution in [0.25, 0.3) is 0 Å². The Hall–Kier alpha value is -3.62. The Labute approximate surface area is 161 Å². The number of aromatic nitrogens is 1. The van der Waals surface area contributed by atoms with Gasteiger partial charge in [-0.25, -0.2) is 4.39 Å². The monoisotopic (exact) mass is 403 g/mol. The Morgan fingerprint density at radius 2 is 1.72 bits per heavy atom. The van der Waals surface area contributed by atoms with Gasteiger partial charge in [-0.3, -0.25) is 9.59 Å². The van der Waals surface area contributed by atoms with Gasteiger partial charge in [-0.1, -0.05) is 12.1 Å². The molecule has 0 aliphatic carbocycles. The Balaban J connectivity index is 1.93. The van der Waals surface area contributed by atoms with E-state index < -0.39 is 29.6 Å². The van der Waals surface area contributed by atoms with Crippen molar-refractivity contribution in [2.45, 2.75) is 12.3 Å². The minimum absolute atomic E-state index is 0.0300. The van der Waals surface area contributed by atoms with Crippen molar-refractivity contribution in [1.29, 1.82) is 0 Å². The van der Waals surface area contributed by atoms with Gasteiger partial charge in [0.25, 0.3) is 5.91 Å². The van der Waals surface area contributed by atoms with Gasteiger partial charge >= 0.3 is 6.18 Å². The number of para-hydroxylation sites is 1. The molecule has 0 radical (unpaired) electrons. The fourth-order valence-corrected chi connectivity index (χ4v) is 3.27. The smallest absolute Gasteiger partial charge is 0.329 e. The Bertz CT molecular complexity index is 1140. The first-order valence-corrected chi connectivity index (χ1v) is 8.50. The van der Waals surface area contributed by atoms with E-state index in [1.54, 1.807) is 18.2 Å². The maximum atomic E-state index is 13.8. The summed E-state index contributed by atoms with van der Waals surface area (Å²) in [4.78, 5) is 27.9. The molecule has 1 atom stereocenters.